The Hall–Kier alpha value is -1.75. The van der Waals surface area contributed by atoms with Crippen molar-refractivity contribution in [1.29, 1.82) is 0 Å². The Balaban J connectivity index is 2.68. The molecule has 1 rings (SSSR count). The lowest BCUT2D eigenvalue weighted by atomic mass is 10.2. The third-order valence-electron chi connectivity index (χ3n) is 2.49. The second-order valence-electron chi connectivity index (χ2n) is 3.96. The summed E-state index contributed by atoms with van der Waals surface area (Å²) in [7, 11) is 3.06. The number of nitrogens with one attached hydrogen (secondary N) is 1. The summed E-state index contributed by atoms with van der Waals surface area (Å²) in [5, 5.41) is 11.8. The van der Waals surface area contributed by atoms with Crippen molar-refractivity contribution in [2.45, 2.75) is 19.4 Å². The number of hydrogen-bond donors (Lipinski definition) is 2. The molecule has 1 aromatic rings. The molecule has 0 saturated heterocycles. The van der Waals surface area contributed by atoms with Gasteiger partial charge in [-0.2, -0.15) is 0 Å². The molecule has 1 aromatic carbocycles. The van der Waals surface area contributed by atoms with E-state index in [0.717, 1.165) is 0 Å². The Bertz CT molecular complexity index is 404. The van der Waals surface area contributed by atoms with Crippen LogP contribution in [0.3, 0.4) is 0 Å². The summed E-state index contributed by atoms with van der Waals surface area (Å²) in [6, 6.07) is 4.97. The van der Waals surface area contributed by atoms with Crippen LogP contribution in [0.25, 0.3) is 0 Å². The monoisotopic (exact) mass is 253 g/mol. The van der Waals surface area contributed by atoms with Crippen LogP contribution in [0.5, 0.6) is 11.5 Å². The minimum absolute atomic E-state index is 0.198. The summed E-state index contributed by atoms with van der Waals surface area (Å²) in [6.45, 7) is 2.12. The van der Waals surface area contributed by atoms with E-state index in [1.807, 2.05) is 0 Å². The minimum atomic E-state index is -0.421. The molecule has 2 N–H and O–H groups in total. The number of benzene rings is 1. The average molecular weight is 253 g/mol. The molecular weight excluding hydrogens is 234 g/mol. The molecule has 100 valence electrons. The van der Waals surface area contributed by atoms with Gasteiger partial charge in [0.25, 0.3) is 5.91 Å². The number of carbonyl (C=O) groups is 1. The summed E-state index contributed by atoms with van der Waals surface area (Å²) >= 11 is 0. The molecule has 0 radical (unpaired) electrons. The molecule has 0 fully saturated rings. The lowest BCUT2D eigenvalue weighted by Crippen LogP contribution is -2.26. The van der Waals surface area contributed by atoms with Gasteiger partial charge in [-0.3, -0.25) is 4.79 Å². The van der Waals surface area contributed by atoms with Crippen LogP contribution >= 0.6 is 0 Å². The first-order valence-electron chi connectivity index (χ1n) is 5.76. The highest BCUT2D eigenvalue weighted by Gasteiger charge is 2.10. The molecule has 1 amide bonds. The lowest BCUT2D eigenvalue weighted by Gasteiger charge is -2.10. The fourth-order valence-electron chi connectivity index (χ4n) is 1.47. The first-order chi connectivity index (χ1) is 8.58. The van der Waals surface area contributed by atoms with E-state index in [1.54, 1.807) is 32.2 Å². The molecular formula is C13H19NO4. The Kier molecular flexibility index (Phi) is 5.45. The van der Waals surface area contributed by atoms with Gasteiger partial charge in [0.2, 0.25) is 0 Å². The number of aliphatic hydroxyl groups is 1. The fraction of sp³-hybridized carbons (Fsp3) is 0.462. The molecule has 0 bridgehead atoms. The normalized spacial score (nSPS) is 11.8. The van der Waals surface area contributed by atoms with E-state index in [-0.39, 0.29) is 5.91 Å². The smallest absolute Gasteiger partial charge is 0.251 e. The van der Waals surface area contributed by atoms with Crippen molar-refractivity contribution in [3.05, 3.63) is 23.8 Å². The van der Waals surface area contributed by atoms with Crippen LogP contribution in [-0.2, 0) is 0 Å². The molecule has 0 saturated carbocycles. The molecule has 18 heavy (non-hydrogen) atoms. The van der Waals surface area contributed by atoms with Crippen molar-refractivity contribution in [1.82, 2.24) is 5.32 Å². The largest absolute Gasteiger partial charge is 0.493 e. The number of methoxy groups -OCH3 is 2. The third kappa shape index (κ3) is 3.92. The second kappa shape index (κ2) is 6.86. The minimum Gasteiger partial charge on any atom is -0.493 e. The molecule has 5 heteroatoms. The van der Waals surface area contributed by atoms with Crippen LogP contribution in [0.1, 0.15) is 23.7 Å². The van der Waals surface area contributed by atoms with Gasteiger partial charge in [-0.15, -0.1) is 0 Å². The van der Waals surface area contributed by atoms with Crippen molar-refractivity contribution in [2.24, 2.45) is 0 Å². The molecule has 0 spiro atoms. The molecule has 5 nitrogen and oxygen atoms in total. The number of carbonyl (C=O) groups excluding carboxylic acids is 1. The number of ether oxygens (including phenoxy) is 2. The zero-order valence-electron chi connectivity index (χ0n) is 10.9. The Morgan fingerprint density at radius 3 is 2.56 bits per heavy atom. The summed E-state index contributed by atoms with van der Waals surface area (Å²) in [5.74, 6) is 0.898. The Labute approximate surface area is 107 Å². The van der Waals surface area contributed by atoms with Crippen LogP contribution in [0, 0.1) is 0 Å². The van der Waals surface area contributed by atoms with Crippen LogP contribution in [-0.4, -0.2) is 37.9 Å². The van der Waals surface area contributed by atoms with E-state index >= 15 is 0 Å². The SMILES string of the molecule is COc1ccc(C(=O)NCCC(C)O)cc1OC. The summed E-state index contributed by atoms with van der Waals surface area (Å²) < 4.78 is 10.2. The maximum Gasteiger partial charge on any atom is 0.251 e. The Morgan fingerprint density at radius 2 is 2.00 bits per heavy atom. The molecule has 0 heterocycles. The highest BCUT2D eigenvalue weighted by atomic mass is 16.5. The second-order valence-corrected chi connectivity index (χ2v) is 3.96. The van der Waals surface area contributed by atoms with E-state index in [9.17, 15) is 4.79 Å². The van der Waals surface area contributed by atoms with Gasteiger partial charge < -0.3 is 19.9 Å². The topological polar surface area (TPSA) is 67.8 Å². The van der Waals surface area contributed by atoms with Crippen molar-refractivity contribution in [2.75, 3.05) is 20.8 Å². The number of hydrogen-bond acceptors (Lipinski definition) is 4. The van der Waals surface area contributed by atoms with Crippen molar-refractivity contribution in [3.8, 4) is 11.5 Å². The van der Waals surface area contributed by atoms with Crippen LogP contribution < -0.4 is 14.8 Å². The van der Waals surface area contributed by atoms with Crippen molar-refractivity contribution >= 4 is 5.91 Å². The maximum absolute atomic E-state index is 11.8. The van der Waals surface area contributed by atoms with E-state index in [4.69, 9.17) is 14.6 Å². The molecule has 1 unspecified atom stereocenters. The summed E-state index contributed by atoms with van der Waals surface area (Å²) in [6.07, 6.45) is 0.106. The summed E-state index contributed by atoms with van der Waals surface area (Å²) in [4.78, 5) is 11.8. The number of amides is 1. The van der Waals surface area contributed by atoms with Gasteiger partial charge in [0.1, 0.15) is 0 Å². The predicted molar refractivity (Wildman–Crippen MR) is 68.2 cm³/mol. The van der Waals surface area contributed by atoms with E-state index in [1.165, 1.54) is 7.11 Å². The van der Waals surface area contributed by atoms with Gasteiger partial charge in [-0.25, -0.2) is 0 Å². The number of aliphatic hydroxyl groups excluding tert-OH is 1. The van der Waals surface area contributed by atoms with E-state index < -0.39 is 6.10 Å². The van der Waals surface area contributed by atoms with Crippen LogP contribution in [0.2, 0.25) is 0 Å². The van der Waals surface area contributed by atoms with Gasteiger partial charge in [0, 0.05) is 12.1 Å². The van der Waals surface area contributed by atoms with E-state index in [0.29, 0.717) is 30.0 Å². The molecule has 0 aliphatic heterocycles. The van der Waals surface area contributed by atoms with Gasteiger partial charge in [0.05, 0.1) is 20.3 Å². The van der Waals surface area contributed by atoms with Gasteiger partial charge in [0.15, 0.2) is 11.5 Å². The molecule has 0 aliphatic carbocycles. The Morgan fingerprint density at radius 1 is 1.33 bits per heavy atom. The third-order valence-corrected chi connectivity index (χ3v) is 2.49. The maximum atomic E-state index is 11.8. The number of rotatable bonds is 6. The van der Waals surface area contributed by atoms with Gasteiger partial charge in [-0.05, 0) is 31.5 Å². The lowest BCUT2D eigenvalue weighted by molar-refractivity contribution is 0.0945. The molecule has 0 aliphatic rings. The first kappa shape index (κ1) is 14.3. The van der Waals surface area contributed by atoms with E-state index in [2.05, 4.69) is 5.32 Å². The van der Waals surface area contributed by atoms with Crippen molar-refractivity contribution in [3.63, 3.8) is 0 Å². The molecule has 1 atom stereocenters. The fourth-order valence-corrected chi connectivity index (χ4v) is 1.47. The van der Waals surface area contributed by atoms with Gasteiger partial charge >= 0.3 is 0 Å². The van der Waals surface area contributed by atoms with Crippen molar-refractivity contribution < 1.29 is 19.4 Å². The standard InChI is InChI=1S/C13H19NO4/c1-9(15)6-7-14-13(16)10-4-5-11(17-2)12(8-10)18-3/h4-5,8-9,15H,6-7H2,1-3H3,(H,14,16). The first-order valence-corrected chi connectivity index (χ1v) is 5.76. The van der Waals surface area contributed by atoms with Gasteiger partial charge in [-0.1, -0.05) is 0 Å². The van der Waals surface area contributed by atoms with Crippen LogP contribution in [0.4, 0.5) is 0 Å². The van der Waals surface area contributed by atoms with Crippen LogP contribution in [0.15, 0.2) is 18.2 Å². The highest BCUT2D eigenvalue weighted by Crippen LogP contribution is 2.27. The summed E-state index contributed by atoms with van der Waals surface area (Å²) in [5.41, 5.74) is 0.498. The zero-order chi connectivity index (χ0) is 13.5. The highest BCUT2D eigenvalue weighted by molar-refractivity contribution is 5.94. The molecule has 0 aromatic heterocycles. The quantitative estimate of drug-likeness (QED) is 0.799. The average Bonchev–Trinajstić information content (AvgIpc) is 2.37. The zero-order valence-corrected chi connectivity index (χ0v) is 10.9. The predicted octanol–water partition coefficient (Wildman–Crippen LogP) is 1.20.